The zero-order valence-electron chi connectivity index (χ0n) is 6.59. The van der Waals surface area contributed by atoms with Crippen molar-refractivity contribution in [3.63, 3.8) is 0 Å². The molecule has 0 bridgehead atoms. The first kappa shape index (κ1) is 12.4. The number of carbonyl (C=O) groups excluding carboxylic acids is 1. The van der Waals surface area contributed by atoms with Gasteiger partial charge < -0.3 is 5.73 Å². The van der Waals surface area contributed by atoms with Crippen molar-refractivity contribution < 1.29 is 9.18 Å². The van der Waals surface area contributed by atoms with Crippen LogP contribution in [0.15, 0.2) is 18.2 Å². The minimum Gasteiger partial charge on any atom is -0.324 e. The maximum absolute atomic E-state index is 12.8. The molecular weight excluding hydrogens is 216 g/mol. The average molecular weight is 224 g/mol. The van der Waals surface area contributed by atoms with Gasteiger partial charge in [0.05, 0.1) is 11.6 Å². The molecule has 0 amide bonds. The van der Waals surface area contributed by atoms with E-state index in [2.05, 4.69) is 0 Å². The minimum absolute atomic E-state index is 0. The Kier molecular flexibility index (Phi) is 4.91. The first-order chi connectivity index (χ1) is 5.66. The Labute approximate surface area is 86.3 Å². The normalized spacial score (nSPS) is 9.15. The lowest BCUT2D eigenvalue weighted by Gasteiger charge is -2.00. The van der Waals surface area contributed by atoms with Crippen molar-refractivity contribution in [1.82, 2.24) is 0 Å². The molecule has 0 radical (unpaired) electrons. The summed E-state index contributed by atoms with van der Waals surface area (Å²) in [7, 11) is 0. The molecule has 1 aromatic rings. The third-order valence-electron chi connectivity index (χ3n) is 1.44. The highest BCUT2D eigenvalue weighted by Gasteiger charge is 2.10. The van der Waals surface area contributed by atoms with E-state index < -0.39 is 5.82 Å². The standard InChI is InChI=1S/C8H7ClFNO.ClH/c9-8-5(7(12)4-11)2-1-3-6(8)10;/h1-3H,4,11H2;1H. The molecule has 2 N–H and O–H groups in total. The largest absolute Gasteiger partial charge is 0.324 e. The third kappa shape index (κ3) is 2.66. The Morgan fingerprint density at radius 2 is 2.15 bits per heavy atom. The maximum atomic E-state index is 12.8. The van der Waals surface area contributed by atoms with Crippen LogP contribution in [0.3, 0.4) is 0 Å². The van der Waals surface area contributed by atoms with E-state index in [1.165, 1.54) is 18.2 Å². The van der Waals surface area contributed by atoms with E-state index in [1.54, 1.807) is 0 Å². The molecular formula is C8H8Cl2FNO. The van der Waals surface area contributed by atoms with Crippen molar-refractivity contribution in [1.29, 1.82) is 0 Å². The summed E-state index contributed by atoms with van der Waals surface area (Å²) < 4.78 is 12.8. The molecule has 0 aliphatic rings. The maximum Gasteiger partial charge on any atom is 0.177 e. The van der Waals surface area contributed by atoms with Crippen molar-refractivity contribution in [3.05, 3.63) is 34.6 Å². The zero-order valence-corrected chi connectivity index (χ0v) is 8.16. The highest BCUT2D eigenvalue weighted by molar-refractivity contribution is 6.34. The van der Waals surface area contributed by atoms with Crippen LogP contribution < -0.4 is 5.73 Å². The number of nitrogens with two attached hydrogens (primary N) is 1. The average Bonchev–Trinajstić information content (AvgIpc) is 2.08. The lowest BCUT2D eigenvalue weighted by Crippen LogP contribution is -2.14. The van der Waals surface area contributed by atoms with Crippen molar-refractivity contribution in [2.45, 2.75) is 0 Å². The van der Waals surface area contributed by atoms with Crippen LogP contribution in [0.2, 0.25) is 5.02 Å². The van der Waals surface area contributed by atoms with Crippen LogP contribution in [0.25, 0.3) is 0 Å². The molecule has 72 valence electrons. The smallest absolute Gasteiger partial charge is 0.177 e. The van der Waals surface area contributed by atoms with Gasteiger partial charge in [0.25, 0.3) is 0 Å². The van der Waals surface area contributed by atoms with Gasteiger partial charge in [-0.15, -0.1) is 12.4 Å². The Hall–Kier alpha value is -0.640. The van der Waals surface area contributed by atoms with Gasteiger partial charge in [0.2, 0.25) is 0 Å². The predicted molar refractivity (Wildman–Crippen MR) is 52.0 cm³/mol. The molecule has 0 saturated carbocycles. The van der Waals surface area contributed by atoms with Crippen LogP contribution in [0.1, 0.15) is 10.4 Å². The Morgan fingerprint density at radius 3 is 2.69 bits per heavy atom. The Morgan fingerprint density at radius 1 is 1.54 bits per heavy atom. The quantitative estimate of drug-likeness (QED) is 0.781. The molecule has 0 aromatic heterocycles. The summed E-state index contributed by atoms with van der Waals surface area (Å²) >= 11 is 5.52. The van der Waals surface area contributed by atoms with Gasteiger partial charge in [-0.3, -0.25) is 4.79 Å². The highest BCUT2D eigenvalue weighted by atomic mass is 35.5. The van der Waals surface area contributed by atoms with Crippen LogP contribution in [-0.4, -0.2) is 12.3 Å². The monoisotopic (exact) mass is 223 g/mol. The number of hydrogen-bond acceptors (Lipinski definition) is 2. The summed E-state index contributed by atoms with van der Waals surface area (Å²) in [5, 5.41) is -0.159. The molecule has 0 unspecified atom stereocenters. The van der Waals surface area contributed by atoms with Crippen molar-refractivity contribution in [3.8, 4) is 0 Å². The second kappa shape index (κ2) is 5.17. The van der Waals surface area contributed by atoms with Gasteiger partial charge in [0.15, 0.2) is 5.78 Å². The number of ketones is 1. The molecule has 0 saturated heterocycles. The van der Waals surface area contributed by atoms with E-state index in [-0.39, 0.29) is 35.3 Å². The van der Waals surface area contributed by atoms with Gasteiger partial charge in [-0.05, 0) is 12.1 Å². The fraction of sp³-hybridized carbons (Fsp3) is 0.125. The molecule has 13 heavy (non-hydrogen) atoms. The van der Waals surface area contributed by atoms with Crippen molar-refractivity contribution in [2.24, 2.45) is 5.73 Å². The second-order valence-electron chi connectivity index (χ2n) is 2.23. The van der Waals surface area contributed by atoms with Gasteiger partial charge in [-0.1, -0.05) is 17.7 Å². The summed E-state index contributed by atoms with van der Waals surface area (Å²) in [6.45, 7) is -0.164. The SMILES string of the molecule is Cl.NCC(=O)c1cccc(F)c1Cl. The minimum atomic E-state index is -0.601. The van der Waals surface area contributed by atoms with Gasteiger partial charge in [0.1, 0.15) is 5.82 Å². The highest BCUT2D eigenvalue weighted by Crippen LogP contribution is 2.19. The summed E-state index contributed by atoms with van der Waals surface area (Å²) in [5.41, 5.74) is 5.23. The van der Waals surface area contributed by atoms with E-state index >= 15 is 0 Å². The number of rotatable bonds is 2. The number of benzene rings is 1. The molecule has 0 atom stereocenters. The van der Waals surface area contributed by atoms with E-state index in [0.717, 1.165) is 0 Å². The van der Waals surface area contributed by atoms with Crippen molar-refractivity contribution >= 4 is 29.8 Å². The lowest BCUT2D eigenvalue weighted by atomic mass is 10.1. The van der Waals surface area contributed by atoms with E-state index in [0.29, 0.717) is 0 Å². The van der Waals surface area contributed by atoms with Crippen molar-refractivity contribution in [2.75, 3.05) is 6.54 Å². The summed E-state index contributed by atoms with van der Waals surface area (Å²) in [6.07, 6.45) is 0. The number of carbonyl (C=O) groups is 1. The van der Waals surface area contributed by atoms with E-state index in [4.69, 9.17) is 17.3 Å². The number of Topliss-reactive ketones (excluding diaryl/α,β-unsaturated/α-hetero) is 1. The van der Waals surface area contributed by atoms with Crippen LogP contribution >= 0.6 is 24.0 Å². The predicted octanol–water partition coefficient (Wildman–Crippen LogP) is 2.04. The molecule has 0 heterocycles. The van der Waals surface area contributed by atoms with Crippen LogP contribution in [0.4, 0.5) is 4.39 Å². The van der Waals surface area contributed by atoms with Gasteiger partial charge in [-0.25, -0.2) is 4.39 Å². The summed E-state index contributed by atoms with van der Waals surface area (Å²) in [6, 6.07) is 4.06. The first-order valence-corrected chi connectivity index (χ1v) is 3.72. The molecule has 1 rings (SSSR count). The molecule has 0 aliphatic carbocycles. The van der Waals surface area contributed by atoms with E-state index in [1.807, 2.05) is 0 Å². The molecule has 0 aliphatic heterocycles. The fourth-order valence-corrected chi connectivity index (χ4v) is 1.06. The fourth-order valence-electron chi connectivity index (χ4n) is 0.829. The molecule has 1 aromatic carbocycles. The van der Waals surface area contributed by atoms with Crippen LogP contribution in [0.5, 0.6) is 0 Å². The number of halogens is 3. The molecule has 2 nitrogen and oxygen atoms in total. The van der Waals surface area contributed by atoms with Gasteiger partial charge >= 0.3 is 0 Å². The Balaban J connectivity index is 0.00000144. The zero-order chi connectivity index (χ0) is 9.14. The lowest BCUT2D eigenvalue weighted by molar-refractivity contribution is 0.100. The third-order valence-corrected chi connectivity index (χ3v) is 1.82. The van der Waals surface area contributed by atoms with E-state index in [9.17, 15) is 9.18 Å². The number of hydrogen-bond donors (Lipinski definition) is 1. The Bertz CT molecular complexity index is 317. The topological polar surface area (TPSA) is 43.1 Å². The molecule has 0 fully saturated rings. The molecule has 5 heteroatoms. The van der Waals surface area contributed by atoms with Crippen LogP contribution in [-0.2, 0) is 0 Å². The second-order valence-corrected chi connectivity index (χ2v) is 2.61. The summed E-state index contributed by atoms with van der Waals surface area (Å²) in [4.78, 5) is 11.0. The van der Waals surface area contributed by atoms with Crippen LogP contribution in [0, 0.1) is 5.82 Å². The van der Waals surface area contributed by atoms with Gasteiger partial charge in [-0.2, -0.15) is 0 Å². The summed E-state index contributed by atoms with van der Waals surface area (Å²) in [5.74, 6) is -0.963. The molecule has 0 spiro atoms. The van der Waals surface area contributed by atoms with Gasteiger partial charge in [0, 0.05) is 5.56 Å². The first-order valence-electron chi connectivity index (χ1n) is 3.34.